The Morgan fingerprint density at radius 3 is 3.05 bits per heavy atom. The van der Waals surface area contributed by atoms with Gasteiger partial charge >= 0.3 is 0 Å². The van der Waals surface area contributed by atoms with Crippen LogP contribution in [0.3, 0.4) is 0 Å². The van der Waals surface area contributed by atoms with Crippen LogP contribution in [0.15, 0.2) is 12.3 Å². The molecule has 2 atom stereocenters. The molecule has 1 saturated heterocycles. The maximum absolute atomic E-state index is 12.7. The lowest BCUT2D eigenvalue weighted by Gasteiger charge is -2.38. The van der Waals surface area contributed by atoms with Crippen molar-refractivity contribution in [3.8, 4) is 0 Å². The van der Waals surface area contributed by atoms with E-state index in [0.717, 1.165) is 6.42 Å². The van der Waals surface area contributed by atoms with Gasteiger partial charge in [0.05, 0.1) is 29.3 Å². The molecule has 0 saturated carbocycles. The third-order valence-corrected chi connectivity index (χ3v) is 3.84. The van der Waals surface area contributed by atoms with Gasteiger partial charge in [-0.15, -0.1) is 0 Å². The molecule has 2 heterocycles. The molecule has 1 fully saturated rings. The molecule has 0 radical (unpaired) electrons. The lowest BCUT2D eigenvalue weighted by Crippen LogP contribution is -2.51. The van der Waals surface area contributed by atoms with E-state index in [1.807, 2.05) is 11.8 Å². The molecule has 2 unspecified atom stereocenters. The molecule has 0 aromatic carbocycles. The highest BCUT2D eigenvalue weighted by Gasteiger charge is 2.31. The number of carbonyl (C=O) groups is 1. The van der Waals surface area contributed by atoms with Crippen LogP contribution in [0.1, 0.15) is 30.6 Å². The third kappa shape index (κ3) is 3.04. The number of amides is 1. The van der Waals surface area contributed by atoms with Gasteiger partial charge in [0.1, 0.15) is 5.82 Å². The van der Waals surface area contributed by atoms with Crippen LogP contribution in [-0.2, 0) is 4.74 Å². The number of rotatable bonds is 3. The molecule has 1 aliphatic rings. The SMILES string of the molecule is CCC1COC(C)CN1C(=O)c1cc(NC)ncc1Cl. The molecule has 2 rings (SSSR count). The van der Waals surface area contributed by atoms with E-state index in [1.54, 1.807) is 13.1 Å². The van der Waals surface area contributed by atoms with Crippen LogP contribution in [0.2, 0.25) is 5.02 Å². The highest BCUT2D eigenvalue weighted by molar-refractivity contribution is 6.33. The Hall–Kier alpha value is -1.33. The first-order valence-corrected chi connectivity index (χ1v) is 7.20. The zero-order valence-electron chi connectivity index (χ0n) is 12.0. The predicted octanol–water partition coefficient (Wildman–Crippen LogP) is 2.42. The molecule has 1 aromatic rings. The van der Waals surface area contributed by atoms with Crippen molar-refractivity contribution >= 4 is 23.3 Å². The summed E-state index contributed by atoms with van der Waals surface area (Å²) in [6, 6.07) is 1.79. The third-order valence-electron chi connectivity index (χ3n) is 3.54. The Morgan fingerprint density at radius 1 is 1.65 bits per heavy atom. The Kier molecular flexibility index (Phi) is 4.83. The number of aromatic nitrogens is 1. The fourth-order valence-electron chi connectivity index (χ4n) is 2.33. The van der Waals surface area contributed by atoms with Crippen LogP contribution < -0.4 is 5.32 Å². The van der Waals surface area contributed by atoms with Gasteiger partial charge in [-0.05, 0) is 19.4 Å². The number of pyridine rings is 1. The van der Waals surface area contributed by atoms with Crippen LogP contribution in [0, 0.1) is 0 Å². The molecule has 1 aliphatic heterocycles. The second-order valence-electron chi connectivity index (χ2n) is 4.96. The summed E-state index contributed by atoms with van der Waals surface area (Å²) in [6.45, 7) is 5.19. The molecule has 1 N–H and O–H groups in total. The smallest absolute Gasteiger partial charge is 0.255 e. The lowest BCUT2D eigenvalue weighted by molar-refractivity contribution is -0.0444. The van der Waals surface area contributed by atoms with Crippen molar-refractivity contribution in [1.82, 2.24) is 9.88 Å². The van der Waals surface area contributed by atoms with E-state index in [-0.39, 0.29) is 18.1 Å². The quantitative estimate of drug-likeness (QED) is 0.931. The topological polar surface area (TPSA) is 54.5 Å². The van der Waals surface area contributed by atoms with Gasteiger partial charge < -0.3 is 15.0 Å². The zero-order valence-corrected chi connectivity index (χ0v) is 12.8. The minimum Gasteiger partial charge on any atom is -0.375 e. The molecule has 0 bridgehead atoms. The number of anilines is 1. The van der Waals surface area contributed by atoms with E-state index in [1.165, 1.54) is 6.20 Å². The predicted molar refractivity (Wildman–Crippen MR) is 79.3 cm³/mol. The number of nitrogens with one attached hydrogen (secondary N) is 1. The van der Waals surface area contributed by atoms with Gasteiger partial charge in [-0.3, -0.25) is 4.79 Å². The second-order valence-corrected chi connectivity index (χ2v) is 5.37. The molecule has 0 aliphatic carbocycles. The summed E-state index contributed by atoms with van der Waals surface area (Å²) in [4.78, 5) is 18.7. The van der Waals surface area contributed by atoms with E-state index < -0.39 is 0 Å². The number of halogens is 1. The fourth-order valence-corrected chi connectivity index (χ4v) is 2.51. The van der Waals surface area contributed by atoms with Crippen molar-refractivity contribution in [3.63, 3.8) is 0 Å². The van der Waals surface area contributed by atoms with Gasteiger partial charge in [-0.25, -0.2) is 4.98 Å². The normalized spacial score (nSPS) is 22.7. The largest absolute Gasteiger partial charge is 0.375 e. The standard InChI is InChI=1S/C14H20ClN3O2/c1-4-10-8-20-9(2)7-18(10)14(19)11-5-13(16-3)17-6-12(11)15/h5-6,9-10H,4,7-8H2,1-3H3,(H,16,17). The van der Waals surface area contributed by atoms with Crippen molar-refractivity contribution in [2.75, 3.05) is 25.5 Å². The van der Waals surface area contributed by atoms with Crippen LogP contribution in [0.5, 0.6) is 0 Å². The summed E-state index contributed by atoms with van der Waals surface area (Å²) >= 11 is 6.13. The molecule has 6 heteroatoms. The Bertz CT molecular complexity index is 495. The van der Waals surface area contributed by atoms with Crippen molar-refractivity contribution in [2.45, 2.75) is 32.4 Å². The van der Waals surface area contributed by atoms with E-state index in [0.29, 0.717) is 29.6 Å². The lowest BCUT2D eigenvalue weighted by atomic mass is 10.1. The second kappa shape index (κ2) is 6.41. The molecule has 0 spiro atoms. The molecule has 1 amide bonds. The van der Waals surface area contributed by atoms with Gasteiger partial charge in [0.2, 0.25) is 0 Å². The van der Waals surface area contributed by atoms with Crippen LogP contribution in [0.25, 0.3) is 0 Å². The first kappa shape index (κ1) is 15.1. The summed E-state index contributed by atoms with van der Waals surface area (Å²) in [7, 11) is 1.76. The van der Waals surface area contributed by atoms with E-state index >= 15 is 0 Å². The molecule has 5 nitrogen and oxygen atoms in total. The van der Waals surface area contributed by atoms with E-state index in [4.69, 9.17) is 16.3 Å². The fraction of sp³-hybridized carbons (Fsp3) is 0.571. The maximum Gasteiger partial charge on any atom is 0.255 e. The molecule has 20 heavy (non-hydrogen) atoms. The first-order valence-electron chi connectivity index (χ1n) is 6.82. The van der Waals surface area contributed by atoms with Crippen molar-refractivity contribution in [2.24, 2.45) is 0 Å². The summed E-state index contributed by atoms with van der Waals surface area (Å²) in [5.74, 6) is 0.572. The van der Waals surface area contributed by atoms with Gasteiger partial charge in [0.15, 0.2) is 0 Å². The number of ether oxygens (including phenoxy) is 1. The molecular formula is C14H20ClN3O2. The molecule has 1 aromatic heterocycles. The van der Waals surface area contributed by atoms with E-state index in [9.17, 15) is 4.79 Å². The Labute approximate surface area is 124 Å². The summed E-state index contributed by atoms with van der Waals surface area (Å²) in [5.41, 5.74) is 0.485. The van der Waals surface area contributed by atoms with E-state index in [2.05, 4.69) is 17.2 Å². The highest BCUT2D eigenvalue weighted by atomic mass is 35.5. The monoisotopic (exact) mass is 297 g/mol. The number of morpholine rings is 1. The van der Waals surface area contributed by atoms with Crippen LogP contribution >= 0.6 is 11.6 Å². The minimum absolute atomic E-state index is 0.0473. The number of carbonyl (C=O) groups excluding carboxylic acids is 1. The van der Waals surface area contributed by atoms with Crippen LogP contribution in [-0.4, -0.2) is 48.1 Å². The molecular weight excluding hydrogens is 278 g/mol. The van der Waals surface area contributed by atoms with Gasteiger partial charge in [0.25, 0.3) is 5.91 Å². The zero-order chi connectivity index (χ0) is 14.7. The van der Waals surface area contributed by atoms with Gasteiger partial charge in [-0.2, -0.15) is 0 Å². The van der Waals surface area contributed by atoms with Gasteiger partial charge in [0, 0.05) is 19.8 Å². The summed E-state index contributed by atoms with van der Waals surface area (Å²) in [5, 5.41) is 3.30. The van der Waals surface area contributed by atoms with Crippen molar-refractivity contribution < 1.29 is 9.53 Å². The number of hydrogen-bond acceptors (Lipinski definition) is 4. The Morgan fingerprint density at radius 2 is 2.40 bits per heavy atom. The van der Waals surface area contributed by atoms with Gasteiger partial charge in [-0.1, -0.05) is 18.5 Å². The average molecular weight is 298 g/mol. The van der Waals surface area contributed by atoms with Crippen LogP contribution in [0.4, 0.5) is 5.82 Å². The first-order chi connectivity index (χ1) is 9.56. The Balaban J connectivity index is 2.29. The number of hydrogen-bond donors (Lipinski definition) is 1. The maximum atomic E-state index is 12.7. The number of nitrogens with zero attached hydrogens (tertiary/aromatic N) is 2. The van der Waals surface area contributed by atoms with Crippen molar-refractivity contribution in [1.29, 1.82) is 0 Å². The average Bonchev–Trinajstić information content (AvgIpc) is 2.47. The summed E-state index contributed by atoms with van der Waals surface area (Å²) < 4.78 is 5.62. The highest BCUT2D eigenvalue weighted by Crippen LogP contribution is 2.23. The minimum atomic E-state index is -0.0594. The summed E-state index contributed by atoms with van der Waals surface area (Å²) in [6.07, 6.45) is 2.41. The molecule has 110 valence electrons. The van der Waals surface area contributed by atoms with Crippen molar-refractivity contribution in [3.05, 3.63) is 22.8 Å².